The van der Waals surface area contributed by atoms with Gasteiger partial charge in [0.2, 0.25) is 12.6 Å². The van der Waals surface area contributed by atoms with Crippen LogP contribution in [0.1, 0.15) is 11.4 Å². The number of cyclic esters (lactones) is 1. The van der Waals surface area contributed by atoms with Gasteiger partial charge in [0.15, 0.2) is 17.3 Å². The number of fused-ring (bicyclic) bond motifs is 1. The fourth-order valence-electron chi connectivity index (χ4n) is 3.08. The highest BCUT2D eigenvalue weighted by Gasteiger charge is 2.25. The van der Waals surface area contributed by atoms with Crippen molar-refractivity contribution >= 4 is 6.09 Å². The predicted molar refractivity (Wildman–Crippen MR) is 91.1 cm³/mol. The minimum absolute atomic E-state index is 0.229. The van der Waals surface area contributed by atoms with Crippen LogP contribution in [0.3, 0.4) is 0 Å². The molecule has 0 unspecified atom stereocenters. The van der Waals surface area contributed by atoms with Crippen molar-refractivity contribution in [2.45, 2.75) is 13.1 Å². The second-order valence-corrected chi connectivity index (χ2v) is 6.21. The van der Waals surface area contributed by atoms with E-state index in [2.05, 4.69) is 10.1 Å². The maximum absolute atomic E-state index is 11.8. The Balaban J connectivity index is 1.46. The summed E-state index contributed by atoms with van der Waals surface area (Å²) in [5, 5.41) is 4.57. The minimum Gasteiger partial charge on any atom is -0.461 e. The van der Waals surface area contributed by atoms with Crippen molar-refractivity contribution in [1.82, 2.24) is 19.7 Å². The zero-order valence-electron chi connectivity index (χ0n) is 14.3. The summed E-state index contributed by atoms with van der Waals surface area (Å²) in [4.78, 5) is 18.0. The number of benzene rings is 1. The molecule has 9 nitrogen and oxygen atoms in total. The first-order chi connectivity index (χ1) is 13.3. The minimum atomic E-state index is -0.341. The monoisotopic (exact) mass is 368 g/mol. The molecule has 138 valence electrons. The molecule has 2 aliphatic rings. The smallest absolute Gasteiger partial charge is 0.410 e. The van der Waals surface area contributed by atoms with Gasteiger partial charge in [-0.3, -0.25) is 4.90 Å². The first kappa shape index (κ1) is 15.7. The van der Waals surface area contributed by atoms with Crippen molar-refractivity contribution < 1.29 is 23.4 Å². The summed E-state index contributed by atoms with van der Waals surface area (Å²) in [7, 11) is 0. The van der Waals surface area contributed by atoms with Crippen molar-refractivity contribution in [2.75, 3.05) is 19.9 Å². The molecule has 1 amide bonds. The molecule has 0 radical (unpaired) electrons. The van der Waals surface area contributed by atoms with Crippen LogP contribution in [-0.2, 0) is 17.8 Å². The van der Waals surface area contributed by atoms with Crippen LogP contribution in [0.25, 0.3) is 11.6 Å². The molecule has 0 atom stereocenters. The lowest BCUT2D eigenvalue weighted by Crippen LogP contribution is -2.26. The van der Waals surface area contributed by atoms with Gasteiger partial charge in [-0.05, 0) is 29.8 Å². The quantitative estimate of drug-likeness (QED) is 0.682. The third kappa shape index (κ3) is 2.97. The number of furan rings is 1. The van der Waals surface area contributed by atoms with Crippen LogP contribution in [0.4, 0.5) is 4.79 Å². The van der Waals surface area contributed by atoms with Crippen LogP contribution >= 0.6 is 0 Å². The zero-order valence-corrected chi connectivity index (χ0v) is 14.3. The van der Waals surface area contributed by atoms with Crippen molar-refractivity contribution in [3.05, 3.63) is 48.0 Å². The van der Waals surface area contributed by atoms with E-state index in [1.165, 1.54) is 0 Å². The van der Waals surface area contributed by atoms with Crippen molar-refractivity contribution in [3.8, 4) is 23.1 Å². The number of hydrogen-bond acceptors (Lipinski definition) is 7. The average Bonchev–Trinajstić information content (AvgIpc) is 3.44. The normalized spacial score (nSPS) is 15.4. The Morgan fingerprint density at radius 2 is 2.00 bits per heavy atom. The summed E-state index contributed by atoms with van der Waals surface area (Å²) in [5.74, 6) is 3.14. The Kier molecular flexibility index (Phi) is 3.70. The molecular weight excluding hydrogens is 352 g/mol. The molecule has 27 heavy (non-hydrogen) atoms. The SMILES string of the molecule is O=C1OCCN1Cc1nc(-c2ccco2)nn1Cc1ccc2c(c1)OCO2. The Bertz CT molecular complexity index is 982. The summed E-state index contributed by atoms with van der Waals surface area (Å²) in [6, 6.07) is 9.33. The van der Waals surface area contributed by atoms with E-state index in [0.29, 0.717) is 49.4 Å². The van der Waals surface area contributed by atoms with E-state index in [-0.39, 0.29) is 12.9 Å². The molecular formula is C18H16N4O5. The van der Waals surface area contributed by atoms with Crippen molar-refractivity contribution in [3.63, 3.8) is 0 Å². The van der Waals surface area contributed by atoms with Crippen LogP contribution in [0.5, 0.6) is 11.5 Å². The molecule has 0 N–H and O–H groups in total. The first-order valence-corrected chi connectivity index (χ1v) is 8.54. The lowest BCUT2D eigenvalue weighted by atomic mass is 10.2. The Morgan fingerprint density at radius 1 is 1.07 bits per heavy atom. The fraction of sp³-hybridized carbons (Fsp3) is 0.278. The molecule has 3 aromatic rings. The van der Waals surface area contributed by atoms with Gasteiger partial charge in [0.1, 0.15) is 12.4 Å². The highest BCUT2D eigenvalue weighted by molar-refractivity contribution is 5.69. The maximum Gasteiger partial charge on any atom is 0.410 e. The topological polar surface area (TPSA) is 91.9 Å². The van der Waals surface area contributed by atoms with Gasteiger partial charge in [-0.1, -0.05) is 6.07 Å². The van der Waals surface area contributed by atoms with Crippen LogP contribution in [0.2, 0.25) is 0 Å². The Morgan fingerprint density at radius 3 is 2.81 bits per heavy atom. The van der Waals surface area contributed by atoms with E-state index in [0.717, 1.165) is 11.3 Å². The number of rotatable bonds is 5. The summed E-state index contributed by atoms with van der Waals surface area (Å²) in [6.07, 6.45) is 1.23. The molecule has 0 saturated carbocycles. The van der Waals surface area contributed by atoms with Crippen molar-refractivity contribution in [1.29, 1.82) is 0 Å². The molecule has 0 aliphatic carbocycles. The fourth-order valence-corrected chi connectivity index (χ4v) is 3.08. The molecule has 1 saturated heterocycles. The van der Waals surface area contributed by atoms with Gasteiger partial charge in [0.05, 0.1) is 25.9 Å². The summed E-state index contributed by atoms with van der Waals surface area (Å²) in [5.41, 5.74) is 0.986. The largest absolute Gasteiger partial charge is 0.461 e. The van der Waals surface area contributed by atoms with Crippen LogP contribution in [0, 0.1) is 0 Å². The number of carbonyl (C=O) groups is 1. The first-order valence-electron chi connectivity index (χ1n) is 8.54. The summed E-state index contributed by atoms with van der Waals surface area (Å²) < 4.78 is 23.0. The average molecular weight is 368 g/mol. The lowest BCUT2D eigenvalue weighted by molar-refractivity contribution is 0.156. The van der Waals surface area contributed by atoms with Gasteiger partial charge in [-0.15, -0.1) is 5.10 Å². The standard InChI is InChI=1S/C18H16N4O5/c23-18-21(5-7-25-18)10-16-19-17(14-2-1-6-24-14)20-22(16)9-12-3-4-13-15(8-12)27-11-26-13/h1-4,6,8H,5,7,9-11H2. The predicted octanol–water partition coefficient (Wildman–Crippen LogP) is 2.27. The highest BCUT2D eigenvalue weighted by Crippen LogP contribution is 2.32. The van der Waals surface area contributed by atoms with Gasteiger partial charge in [0.25, 0.3) is 0 Å². The van der Waals surface area contributed by atoms with E-state index in [1.807, 2.05) is 18.2 Å². The number of nitrogens with zero attached hydrogens (tertiary/aromatic N) is 4. The van der Waals surface area contributed by atoms with Crippen LogP contribution in [0.15, 0.2) is 41.0 Å². The number of aromatic nitrogens is 3. The number of amides is 1. The van der Waals surface area contributed by atoms with Gasteiger partial charge in [-0.25, -0.2) is 14.5 Å². The summed E-state index contributed by atoms with van der Waals surface area (Å²) >= 11 is 0. The van der Waals surface area contributed by atoms with Gasteiger partial charge in [0, 0.05) is 0 Å². The maximum atomic E-state index is 11.8. The number of ether oxygens (including phenoxy) is 3. The molecule has 0 spiro atoms. The molecule has 2 aromatic heterocycles. The molecule has 9 heteroatoms. The molecule has 2 aliphatic heterocycles. The highest BCUT2D eigenvalue weighted by atomic mass is 16.7. The third-order valence-corrected chi connectivity index (χ3v) is 4.44. The molecule has 4 heterocycles. The number of carbonyl (C=O) groups excluding carboxylic acids is 1. The third-order valence-electron chi connectivity index (χ3n) is 4.44. The van der Waals surface area contributed by atoms with E-state index in [1.54, 1.807) is 28.0 Å². The number of hydrogen-bond donors (Lipinski definition) is 0. The van der Waals surface area contributed by atoms with E-state index >= 15 is 0 Å². The van der Waals surface area contributed by atoms with Crippen LogP contribution in [-0.4, -0.2) is 45.7 Å². The van der Waals surface area contributed by atoms with Gasteiger partial charge < -0.3 is 18.6 Å². The van der Waals surface area contributed by atoms with Gasteiger partial charge in [-0.2, -0.15) is 0 Å². The van der Waals surface area contributed by atoms with E-state index in [9.17, 15) is 4.79 Å². The molecule has 5 rings (SSSR count). The van der Waals surface area contributed by atoms with E-state index < -0.39 is 0 Å². The van der Waals surface area contributed by atoms with Gasteiger partial charge >= 0.3 is 6.09 Å². The Hall–Kier alpha value is -3.49. The molecule has 0 bridgehead atoms. The van der Waals surface area contributed by atoms with Crippen molar-refractivity contribution in [2.24, 2.45) is 0 Å². The van der Waals surface area contributed by atoms with E-state index in [4.69, 9.17) is 18.6 Å². The zero-order chi connectivity index (χ0) is 18.2. The molecule has 1 aromatic carbocycles. The van der Waals surface area contributed by atoms with Crippen LogP contribution < -0.4 is 9.47 Å². The Labute approximate surface area is 154 Å². The second kappa shape index (κ2) is 6.35. The summed E-state index contributed by atoms with van der Waals surface area (Å²) in [6.45, 7) is 1.94. The lowest BCUT2D eigenvalue weighted by Gasteiger charge is -2.13. The molecule has 1 fully saturated rings. The second-order valence-electron chi connectivity index (χ2n) is 6.21.